The maximum absolute atomic E-state index is 13.6. The fraction of sp³-hybridized carbons (Fsp3) is 0.182. The van der Waals surface area contributed by atoms with Crippen LogP contribution in [0.5, 0.6) is 5.75 Å². The molecule has 0 saturated heterocycles. The molecule has 4 aromatic rings. The van der Waals surface area contributed by atoms with Crippen LogP contribution in [-0.4, -0.2) is 33.0 Å². The summed E-state index contributed by atoms with van der Waals surface area (Å²) in [6.07, 6.45) is 0.905. The summed E-state index contributed by atoms with van der Waals surface area (Å²) in [7, 11) is 1.50. The van der Waals surface area contributed by atoms with Crippen LogP contribution in [0, 0.1) is 3.95 Å². The van der Waals surface area contributed by atoms with Gasteiger partial charge in [0.05, 0.1) is 18.8 Å². The lowest BCUT2D eigenvalue weighted by molar-refractivity contribution is -0.301. The lowest BCUT2D eigenvalue weighted by Crippen LogP contribution is -2.26. The number of methoxy groups -OCH3 is 1. The molecule has 7 nitrogen and oxygen atoms in total. The van der Waals surface area contributed by atoms with E-state index in [0.29, 0.717) is 25.7 Å². The second-order valence-electron chi connectivity index (χ2n) is 6.74. The minimum absolute atomic E-state index is 0.211. The van der Waals surface area contributed by atoms with Crippen molar-refractivity contribution >= 4 is 51.6 Å². The molecule has 2 aromatic heterocycles. The number of aliphatic carboxylic acids is 1. The van der Waals surface area contributed by atoms with Gasteiger partial charge in [0, 0.05) is 11.4 Å². The van der Waals surface area contributed by atoms with Gasteiger partial charge in [-0.05, 0) is 48.5 Å². The standard InChI is InChI=1S/C22H19N3O4S3/c1-3-13-8-10-14(11-9-13)24-19-18(32-22(24)30)20(28)25(21(23-19)31-12-17(26)27)15-6-4-5-7-16(15)29-2/h4-11H,3,12H2,1-2H3,(H,26,27)/p-1. The molecule has 0 fully saturated rings. The van der Waals surface area contributed by atoms with Crippen molar-refractivity contribution in [3.8, 4) is 17.1 Å². The summed E-state index contributed by atoms with van der Waals surface area (Å²) in [4.78, 5) is 29.4. The minimum atomic E-state index is -1.26. The van der Waals surface area contributed by atoms with Crippen LogP contribution in [0.2, 0.25) is 0 Å². The molecule has 164 valence electrons. The number of carboxylic acid groups (broad SMARTS) is 1. The first-order valence-electron chi connectivity index (χ1n) is 9.68. The molecule has 0 N–H and O–H groups in total. The zero-order valence-corrected chi connectivity index (χ0v) is 19.7. The van der Waals surface area contributed by atoms with Gasteiger partial charge in [0.1, 0.15) is 10.4 Å². The van der Waals surface area contributed by atoms with Crippen molar-refractivity contribution < 1.29 is 14.6 Å². The lowest BCUT2D eigenvalue weighted by Gasteiger charge is -2.15. The van der Waals surface area contributed by atoms with Crippen LogP contribution in [0.3, 0.4) is 0 Å². The third-order valence-electron chi connectivity index (χ3n) is 4.82. The van der Waals surface area contributed by atoms with E-state index in [4.69, 9.17) is 17.0 Å². The highest BCUT2D eigenvalue weighted by molar-refractivity contribution is 7.99. The number of fused-ring (bicyclic) bond motifs is 1. The van der Waals surface area contributed by atoms with Gasteiger partial charge in [0.2, 0.25) is 0 Å². The zero-order valence-electron chi connectivity index (χ0n) is 17.2. The number of ether oxygens (including phenoxy) is 1. The third-order valence-corrected chi connectivity index (χ3v) is 7.09. The third kappa shape index (κ3) is 4.08. The molecule has 0 aliphatic rings. The Labute approximate surface area is 196 Å². The summed E-state index contributed by atoms with van der Waals surface area (Å²) in [5.41, 5.74) is 2.47. The fourth-order valence-corrected chi connectivity index (χ4v) is 5.31. The topological polar surface area (TPSA) is 89.2 Å². The molecule has 0 aliphatic heterocycles. The van der Waals surface area contributed by atoms with Gasteiger partial charge in [-0.25, -0.2) is 4.98 Å². The van der Waals surface area contributed by atoms with Crippen molar-refractivity contribution in [2.45, 2.75) is 18.5 Å². The molecular weight excluding hydrogens is 466 g/mol. The van der Waals surface area contributed by atoms with Gasteiger partial charge in [-0.1, -0.05) is 54.3 Å². The van der Waals surface area contributed by atoms with E-state index in [-0.39, 0.29) is 16.5 Å². The number of aryl methyl sites for hydroxylation is 1. The Morgan fingerprint density at radius 2 is 1.91 bits per heavy atom. The molecular formula is C22H18N3O4S3-. The van der Waals surface area contributed by atoms with Gasteiger partial charge < -0.3 is 14.6 Å². The monoisotopic (exact) mass is 484 g/mol. The average Bonchev–Trinajstić information content (AvgIpc) is 3.14. The number of hydrogen-bond donors (Lipinski definition) is 0. The molecule has 0 aliphatic carbocycles. The molecule has 10 heteroatoms. The Morgan fingerprint density at radius 1 is 1.19 bits per heavy atom. The molecule has 0 bridgehead atoms. The quantitative estimate of drug-likeness (QED) is 0.226. The van der Waals surface area contributed by atoms with Crippen molar-refractivity contribution in [2.75, 3.05) is 12.9 Å². The van der Waals surface area contributed by atoms with Gasteiger partial charge in [-0.15, -0.1) is 0 Å². The zero-order chi connectivity index (χ0) is 22.8. The van der Waals surface area contributed by atoms with E-state index in [1.807, 2.05) is 24.3 Å². The minimum Gasteiger partial charge on any atom is -0.549 e. The van der Waals surface area contributed by atoms with Gasteiger partial charge in [0.25, 0.3) is 5.56 Å². The number of hydrogen-bond acceptors (Lipinski definition) is 8. The molecule has 0 amide bonds. The molecule has 0 saturated carbocycles. The maximum atomic E-state index is 13.6. The normalized spacial score (nSPS) is 11.1. The van der Waals surface area contributed by atoms with E-state index in [0.717, 1.165) is 23.9 Å². The number of thioether (sulfide) groups is 1. The van der Waals surface area contributed by atoms with Crippen LogP contribution in [0.25, 0.3) is 21.7 Å². The highest BCUT2D eigenvalue weighted by Crippen LogP contribution is 2.30. The summed E-state index contributed by atoms with van der Waals surface area (Å²) in [6.45, 7) is 2.07. The Bertz CT molecular complexity index is 1420. The Morgan fingerprint density at radius 3 is 2.56 bits per heavy atom. The van der Waals surface area contributed by atoms with Crippen molar-refractivity contribution in [3.05, 3.63) is 68.4 Å². The van der Waals surface area contributed by atoms with Crippen molar-refractivity contribution in [1.82, 2.24) is 14.1 Å². The summed E-state index contributed by atoms with van der Waals surface area (Å²) < 4.78 is 9.38. The number of para-hydroxylation sites is 2. The van der Waals surface area contributed by atoms with E-state index < -0.39 is 5.97 Å². The number of rotatable bonds is 7. The van der Waals surface area contributed by atoms with Crippen molar-refractivity contribution in [3.63, 3.8) is 0 Å². The number of benzene rings is 2. The van der Waals surface area contributed by atoms with Gasteiger partial charge in [-0.2, -0.15) is 0 Å². The van der Waals surface area contributed by atoms with Crippen LogP contribution in [-0.2, 0) is 11.2 Å². The first-order valence-corrected chi connectivity index (χ1v) is 11.9. The number of carbonyl (C=O) groups excluding carboxylic acids is 1. The van der Waals surface area contributed by atoms with Crippen LogP contribution in [0.4, 0.5) is 0 Å². The van der Waals surface area contributed by atoms with Gasteiger partial charge >= 0.3 is 0 Å². The second kappa shape index (κ2) is 9.27. The Hall–Kier alpha value is -2.95. The van der Waals surface area contributed by atoms with E-state index in [9.17, 15) is 14.7 Å². The number of aromatic nitrogens is 3. The molecule has 0 atom stereocenters. The molecule has 0 radical (unpaired) electrons. The van der Waals surface area contributed by atoms with E-state index in [1.165, 1.54) is 28.6 Å². The number of thiazole rings is 1. The molecule has 4 rings (SSSR count). The van der Waals surface area contributed by atoms with Crippen LogP contribution < -0.4 is 15.4 Å². The SMILES string of the molecule is CCc1ccc(-n2c(=S)sc3c(=O)n(-c4ccccc4OC)c(SCC(=O)[O-])nc32)cc1. The van der Waals surface area contributed by atoms with E-state index in [2.05, 4.69) is 11.9 Å². The van der Waals surface area contributed by atoms with Crippen LogP contribution in [0.15, 0.2) is 58.5 Å². The highest BCUT2D eigenvalue weighted by Gasteiger charge is 2.20. The molecule has 0 unspecified atom stereocenters. The molecule has 32 heavy (non-hydrogen) atoms. The smallest absolute Gasteiger partial charge is 0.278 e. The first kappa shape index (κ1) is 22.3. The maximum Gasteiger partial charge on any atom is 0.278 e. The summed E-state index contributed by atoms with van der Waals surface area (Å²) in [6, 6.07) is 14.9. The Kier molecular flexibility index (Phi) is 6.45. The number of nitrogens with zero attached hydrogens (tertiary/aromatic N) is 3. The average molecular weight is 485 g/mol. The fourth-order valence-electron chi connectivity index (χ4n) is 3.29. The van der Waals surface area contributed by atoms with Gasteiger partial charge in [-0.3, -0.25) is 13.9 Å². The summed E-state index contributed by atoms with van der Waals surface area (Å²) >= 11 is 7.65. The molecule has 2 aromatic carbocycles. The van der Waals surface area contributed by atoms with Crippen LogP contribution in [0.1, 0.15) is 12.5 Å². The largest absolute Gasteiger partial charge is 0.549 e. The lowest BCUT2D eigenvalue weighted by atomic mass is 10.1. The molecule has 2 heterocycles. The highest BCUT2D eigenvalue weighted by atomic mass is 32.2. The summed E-state index contributed by atoms with van der Waals surface area (Å²) in [5, 5.41) is 11.4. The number of carboxylic acids is 1. The first-order chi connectivity index (χ1) is 15.4. The van der Waals surface area contributed by atoms with Crippen molar-refractivity contribution in [2.24, 2.45) is 0 Å². The van der Waals surface area contributed by atoms with Crippen LogP contribution >= 0.6 is 35.3 Å². The predicted molar refractivity (Wildman–Crippen MR) is 127 cm³/mol. The van der Waals surface area contributed by atoms with E-state index in [1.54, 1.807) is 28.8 Å². The summed E-state index contributed by atoms with van der Waals surface area (Å²) in [5.74, 6) is -1.15. The van der Waals surface area contributed by atoms with E-state index >= 15 is 0 Å². The molecule has 0 spiro atoms. The number of carbonyl (C=O) groups is 1. The second-order valence-corrected chi connectivity index (χ2v) is 9.33. The Balaban J connectivity index is 2.02. The van der Waals surface area contributed by atoms with Crippen molar-refractivity contribution in [1.29, 1.82) is 0 Å². The predicted octanol–water partition coefficient (Wildman–Crippen LogP) is 3.38. The van der Waals surface area contributed by atoms with Gasteiger partial charge in [0.15, 0.2) is 14.8 Å².